The molecule has 134 valence electrons. The molecule has 0 N–H and O–H groups in total. The van der Waals surface area contributed by atoms with Gasteiger partial charge in [-0.25, -0.2) is 4.79 Å². The van der Waals surface area contributed by atoms with Gasteiger partial charge >= 0.3 is 5.97 Å². The lowest BCUT2D eigenvalue weighted by molar-refractivity contribution is -0.128. The van der Waals surface area contributed by atoms with E-state index in [2.05, 4.69) is 10.6 Å². The number of hydrogen-bond donors (Lipinski definition) is 0. The molecule has 1 amide bonds. The average molecular weight is 350 g/mol. The summed E-state index contributed by atoms with van der Waals surface area (Å²) in [5, 5.41) is 1.11. The van der Waals surface area contributed by atoms with Crippen LogP contribution in [0.3, 0.4) is 0 Å². The van der Waals surface area contributed by atoms with Gasteiger partial charge in [0, 0.05) is 37.8 Å². The van der Waals surface area contributed by atoms with E-state index in [9.17, 15) is 9.59 Å². The first-order chi connectivity index (χ1) is 12.5. The van der Waals surface area contributed by atoms with Crippen molar-refractivity contribution in [2.24, 2.45) is 0 Å². The van der Waals surface area contributed by atoms with Crippen LogP contribution in [0, 0.1) is 0 Å². The van der Waals surface area contributed by atoms with Crippen LogP contribution < -0.4 is 0 Å². The number of aromatic nitrogens is 1. The molecule has 0 fully saturated rings. The maximum atomic E-state index is 11.8. The number of amides is 1. The lowest BCUT2D eigenvalue weighted by Gasteiger charge is -2.13. The Hall–Kier alpha value is -3.08. The van der Waals surface area contributed by atoms with Crippen LogP contribution in [0.5, 0.6) is 0 Å². The van der Waals surface area contributed by atoms with E-state index >= 15 is 0 Å². The van der Waals surface area contributed by atoms with Gasteiger partial charge in [0.25, 0.3) is 0 Å². The molecule has 5 nitrogen and oxygen atoms in total. The standard InChI is InChI=1S/C21H22N2O3/c1-4-26-21(25)16-9-11-18(12-10-16)23-14-17(13-22(3)15(2)24)19-7-5-6-8-20(19)23/h5-12,14H,4,13H2,1-3H3. The van der Waals surface area contributed by atoms with E-state index < -0.39 is 0 Å². The quantitative estimate of drug-likeness (QED) is 0.658. The minimum absolute atomic E-state index is 0.0284. The molecule has 0 bridgehead atoms. The fourth-order valence-corrected chi connectivity index (χ4v) is 2.93. The molecule has 0 aliphatic carbocycles. The van der Waals surface area contributed by atoms with Crippen LogP contribution in [-0.2, 0) is 16.1 Å². The summed E-state index contributed by atoms with van der Waals surface area (Å²) in [6.07, 6.45) is 2.05. The highest BCUT2D eigenvalue weighted by atomic mass is 16.5. The predicted octanol–water partition coefficient (Wildman–Crippen LogP) is 3.79. The Morgan fingerprint density at radius 1 is 1.08 bits per heavy atom. The Labute approximate surface area is 152 Å². The van der Waals surface area contributed by atoms with Crippen molar-refractivity contribution >= 4 is 22.8 Å². The van der Waals surface area contributed by atoms with Gasteiger partial charge in [-0.15, -0.1) is 0 Å². The van der Waals surface area contributed by atoms with Crippen molar-refractivity contribution in [3.63, 3.8) is 0 Å². The number of rotatable bonds is 5. The molecule has 2 aromatic carbocycles. The van der Waals surface area contributed by atoms with Gasteiger partial charge in [0.15, 0.2) is 0 Å². The summed E-state index contributed by atoms with van der Waals surface area (Å²) in [7, 11) is 1.79. The molecule has 3 rings (SSSR count). The number of carbonyl (C=O) groups excluding carboxylic acids is 2. The summed E-state index contributed by atoms with van der Waals surface area (Å²) in [6, 6.07) is 15.4. The van der Waals surface area contributed by atoms with Crippen molar-refractivity contribution in [1.82, 2.24) is 9.47 Å². The molecule has 0 saturated carbocycles. The van der Waals surface area contributed by atoms with E-state index in [0.29, 0.717) is 18.7 Å². The van der Waals surface area contributed by atoms with Crippen molar-refractivity contribution in [2.45, 2.75) is 20.4 Å². The van der Waals surface area contributed by atoms with Crippen molar-refractivity contribution in [1.29, 1.82) is 0 Å². The minimum Gasteiger partial charge on any atom is -0.462 e. The molecule has 26 heavy (non-hydrogen) atoms. The molecule has 3 aromatic rings. The van der Waals surface area contributed by atoms with Gasteiger partial charge in [0.05, 0.1) is 17.7 Å². The van der Waals surface area contributed by atoms with E-state index in [-0.39, 0.29) is 11.9 Å². The third-order valence-corrected chi connectivity index (χ3v) is 4.40. The number of esters is 1. The fourth-order valence-electron chi connectivity index (χ4n) is 2.93. The molecular formula is C21H22N2O3. The molecular weight excluding hydrogens is 328 g/mol. The molecule has 5 heteroatoms. The number of hydrogen-bond acceptors (Lipinski definition) is 3. The second-order valence-corrected chi connectivity index (χ2v) is 6.18. The highest BCUT2D eigenvalue weighted by Crippen LogP contribution is 2.26. The Morgan fingerprint density at radius 2 is 1.77 bits per heavy atom. The molecule has 0 saturated heterocycles. The minimum atomic E-state index is -0.319. The lowest BCUT2D eigenvalue weighted by Crippen LogP contribution is -2.22. The van der Waals surface area contributed by atoms with Gasteiger partial charge in [0.2, 0.25) is 5.91 Å². The number of para-hydroxylation sites is 1. The number of benzene rings is 2. The van der Waals surface area contributed by atoms with Crippen LogP contribution in [-0.4, -0.2) is 35.0 Å². The third-order valence-electron chi connectivity index (χ3n) is 4.40. The Morgan fingerprint density at radius 3 is 2.42 bits per heavy atom. The molecule has 0 radical (unpaired) electrons. The zero-order chi connectivity index (χ0) is 18.7. The van der Waals surface area contributed by atoms with Gasteiger partial charge in [-0.05, 0) is 42.8 Å². The van der Waals surface area contributed by atoms with Gasteiger partial charge < -0.3 is 14.2 Å². The summed E-state index contributed by atoms with van der Waals surface area (Å²) < 4.78 is 7.11. The number of ether oxygens (including phenoxy) is 1. The van der Waals surface area contributed by atoms with Crippen molar-refractivity contribution in [3.8, 4) is 5.69 Å². The van der Waals surface area contributed by atoms with E-state index in [4.69, 9.17) is 4.74 Å². The summed E-state index contributed by atoms with van der Waals surface area (Å²) in [4.78, 5) is 25.1. The molecule has 1 heterocycles. The number of nitrogens with zero attached hydrogens (tertiary/aromatic N) is 2. The maximum Gasteiger partial charge on any atom is 0.338 e. The molecule has 0 aliphatic rings. The van der Waals surface area contributed by atoms with Crippen molar-refractivity contribution in [3.05, 3.63) is 65.9 Å². The summed E-state index contributed by atoms with van der Waals surface area (Å²) in [5.74, 6) is -0.291. The SMILES string of the molecule is CCOC(=O)c1ccc(-n2cc(CN(C)C(C)=O)c3ccccc32)cc1. The molecule has 0 spiro atoms. The Balaban J connectivity index is 2.00. The monoisotopic (exact) mass is 350 g/mol. The largest absolute Gasteiger partial charge is 0.462 e. The first-order valence-corrected chi connectivity index (χ1v) is 8.59. The van der Waals surface area contributed by atoms with Crippen LogP contribution in [0.4, 0.5) is 0 Å². The zero-order valence-corrected chi connectivity index (χ0v) is 15.2. The van der Waals surface area contributed by atoms with Gasteiger partial charge in [0.1, 0.15) is 0 Å². The van der Waals surface area contributed by atoms with E-state index in [1.165, 1.54) is 0 Å². The van der Waals surface area contributed by atoms with Crippen LogP contribution in [0.1, 0.15) is 29.8 Å². The van der Waals surface area contributed by atoms with Gasteiger partial charge in [-0.3, -0.25) is 4.79 Å². The third kappa shape index (κ3) is 3.47. The van der Waals surface area contributed by atoms with Gasteiger partial charge in [-0.1, -0.05) is 18.2 Å². The zero-order valence-electron chi connectivity index (χ0n) is 15.2. The van der Waals surface area contributed by atoms with Crippen LogP contribution in [0.2, 0.25) is 0 Å². The molecule has 1 aromatic heterocycles. The van der Waals surface area contributed by atoms with Crippen molar-refractivity contribution < 1.29 is 14.3 Å². The molecule has 0 aliphatic heterocycles. The van der Waals surface area contributed by atoms with Crippen LogP contribution in [0.15, 0.2) is 54.7 Å². The summed E-state index contributed by atoms with van der Waals surface area (Å²) in [6.45, 7) is 4.25. The predicted molar refractivity (Wildman–Crippen MR) is 101 cm³/mol. The first-order valence-electron chi connectivity index (χ1n) is 8.59. The Bertz CT molecular complexity index is 942. The van der Waals surface area contributed by atoms with E-state index in [0.717, 1.165) is 22.2 Å². The topological polar surface area (TPSA) is 51.5 Å². The summed E-state index contributed by atoms with van der Waals surface area (Å²) in [5.41, 5.74) is 3.62. The van der Waals surface area contributed by atoms with E-state index in [1.54, 1.807) is 37.9 Å². The molecule has 0 atom stereocenters. The highest BCUT2D eigenvalue weighted by Gasteiger charge is 2.13. The first kappa shape index (κ1) is 17.7. The average Bonchev–Trinajstić information content (AvgIpc) is 3.00. The van der Waals surface area contributed by atoms with Crippen LogP contribution in [0.25, 0.3) is 16.6 Å². The highest BCUT2D eigenvalue weighted by molar-refractivity contribution is 5.90. The Kier molecular flexibility index (Phi) is 5.07. The van der Waals surface area contributed by atoms with Crippen LogP contribution >= 0.6 is 0 Å². The summed E-state index contributed by atoms with van der Waals surface area (Å²) >= 11 is 0. The molecule has 0 unspecified atom stereocenters. The smallest absolute Gasteiger partial charge is 0.338 e. The van der Waals surface area contributed by atoms with Gasteiger partial charge in [-0.2, -0.15) is 0 Å². The van der Waals surface area contributed by atoms with E-state index in [1.807, 2.05) is 36.5 Å². The lowest BCUT2D eigenvalue weighted by atomic mass is 10.1. The number of fused-ring (bicyclic) bond motifs is 1. The number of carbonyl (C=O) groups is 2. The van der Waals surface area contributed by atoms with Crippen molar-refractivity contribution in [2.75, 3.05) is 13.7 Å². The maximum absolute atomic E-state index is 11.8. The second kappa shape index (κ2) is 7.44. The normalized spacial score (nSPS) is 10.7. The fraction of sp³-hybridized carbons (Fsp3) is 0.238. The second-order valence-electron chi connectivity index (χ2n) is 6.18.